The first-order valence-corrected chi connectivity index (χ1v) is 10.7. The molecule has 2 aromatic rings. The highest BCUT2D eigenvalue weighted by atomic mass is 127. The van der Waals surface area contributed by atoms with Crippen molar-refractivity contribution < 1.29 is 8.42 Å². The maximum absolute atomic E-state index is 11.6. The van der Waals surface area contributed by atoms with Gasteiger partial charge in [-0.3, -0.25) is 4.99 Å². The average molecular weight is 490 g/mol. The van der Waals surface area contributed by atoms with E-state index in [-0.39, 0.29) is 41.5 Å². The summed E-state index contributed by atoms with van der Waals surface area (Å²) in [5.41, 5.74) is 2.48. The SMILES string of the molecule is CCNC(=NCCCc1c[nH]c2ccccc12)NC1CCS(=O)(=O)C1.I. The number of nitrogens with one attached hydrogen (secondary N) is 3. The zero-order chi connectivity index (χ0) is 17.7. The summed E-state index contributed by atoms with van der Waals surface area (Å²) in [7, 11) is -2.88. The molecular weight excluding hydrogens is 463 g/mol. The van der Waals surface area contributed by atoms with Crippen LogP contribution in [0, 0.1) is 0 Å². The molecule has 1 aromatic carbocycles. The van der Waals surface area contributed by atoms with Crippen LogP contribution in [-0.2, 0) is 16.3 Å². The number of hydrogen-bond donors (Lipinski definition) is 3. The molecule has 26 heavy (non-hydrogen) atoms. The minimum atomic E-state index is -2.88. The highest BCUT2D eigenvalue weighted by Gasteiger charge is 2.28. The lowest BCUT2D eigenvalue weighted by Crippen LogP contribution is -2.44. The van der Waals surface area contributed by atoms with Gasteiger partial charge in [0.25, 0.3) is 0 Å². The number of halogens is 1. The first-order valence-electron chi connectivity index (χ1n) is 8.87. The summed E-state index contributed by atoms with van der Waals surface area (Å²) in [4.78, 5) is 7.89. The summed E-state index contributed by atoms with van der Waals surface area (Å²) in [5.74, 6) is 1.18. The molecule has 0 radical (unpaired) electrons. The maximum atomic E-state index is 11.6. The van der Waals surface area contributed by atoms with Crippen LogP contribution in [0.15, 0.2) is 35.5 Å². The monoisotopic (exact) mass is 490 g/mol. The topological polar surface area (TPSA) is 86.3 Å². The number of aromatic amines is 1. The van der Waals surface area contributed by atoms with Gasteiger partial charge in [-0.2, -0.15) is 0 Å². The van der Waals surface area contributed by atoms with Crippen molar-refractivity contribution in [3.05, 3.63) is 36.0 Å². The Labute approximate surface area is 172 Å². The molecule has 0 aliphatic carbocycles. The number of nitrogens with zero attached hydrogens (tertiary/aromatic N) is 1. The summed E-state index contributed by atoms with van der Waals surface area (Å²) in [6.45, 7) is 3.47. The summed E-state index contributed by atoms with van der Waals surface area (Å²) < 4.78 is 23.2. The van der Waals surface area contributed by atoms with E-state index in [1.165, 1.54) is 16.5 Å². The van der Waals surface area contributed by atoms with Crippen molar-refractivity contribution in [2.45, 2.75) is 32.2 Å². The molecule has 0 saturated carbocycles. The molecule has 3 N–H and O–H groups in total. The van der Waals surface area contributed by atoms with Crippen LogP contribution in [0.4, 0.5) is 0 Å². The van der Waals surface area contributed by atoms with E-state index in [4.69, 9.17) is 0 Å². The van der Waals surface area contributed by atoms with Gasteiger partial charge in [-0.05, 0) is 37.8 Å². The van der Waals surface area contributed by atoms with E-state index in [9.17, 15) is 8.42 Å². The Hall–Kier alpha value is -1.29. The Morgan fingerprint density at radius 3 is 2.88 bits per heavy atom. The quantitative estimate of drug-likeness (QED) is 0.251. The van der Waals surface area contributed by atoms with E-state index in [2.05, 4.69) is 45.0 Å². The number of guanidine groups is 1. The molecular formula is C18H27IN4O2S. The third-order valence-corrected chi connectivity index (χ3v) is 6.23. The fraction of sp³-hybridized carbons (Fsp3) is 0.500. The van der Waals surface area contributed by atoms with E-state index >= 15 is 0 Å². The predicted octanol–water partition coefficient (Wildman–Crippen LogP) is 2.46. The van der Waals surface area contributed by atoms with Crippen molar-refractivity contribution >= 4 is 50.7 Å². The largest absolute Gasteiger partial charge is 0.361 e. The molecule has 144 valence electrons. The molecule has 6 nitrogen and oxygen atoms in total. The number of H-pyrrole nitrogens is 1. The van der Waals surface area contributed by atoms with E-state index in [1.807, 2.05) is 13.0 Å². The van der Waals surface area contributed by atoms with Crippen molar-refractivity contribution in [3.63, 3.8) is 0 Å². The van der Waals surface area contributed by atoms with Crippen LogP contribution in [0.5, 0.6) is 0 Å². The van der Waals surface area contributed by atoms with E-state index < -0.39 is 9.84 Å². The molecule has 2 heterocycles. The molecule has 0 amide bonds. The predicted molar refractivity (Wildman–Crippen MR) is 118 cm³/mol. The van der Waals surface area contributed by atoms with Gasteiger partial charge >= 0.3 is 0 Å². The number of hydrogen-bond acceptors (Lipinski definition) is 3. The fourth-order valence-corrected chi connectivity index (χ4v) is 4.89. The van der Waals surface area contributed by atoms with Gasteiger partial charge in [-0.25, -0.2) is 8.42 Å². The second-order valence-corrected chi connectivity index (χ2v) is 8.70. The highest BCUT2D eigenvalue weighted by Crippen LogP contribution is 2.18. The van der Waals surface area contributed by atoms with Gasteiger partial charge in [0.05, 0.1) is 11.5 Å². The number of aliphatic imine (C=N–C) groups is 1. The molecule has 1 aliphatic rings. The third kappa shape index (κ3) is 5.60. The van der Waals surface area contributed by atoms with E-state index in [0.29, 0.717) is 18.9 Å². The highest BCUT2D eigenvalue weighted by molar-refractivity contribution is 14.0. The lowest BCUT2D eigenvalue weighted by molar-refractivity contribution is 0.599. The van der Waals surface area contributed by atoms with Crippen LogP contribution < -0.4 is 10.6 Å². The second kappa shape index (κ2) is 9.59. The summed E-state index contributed by atoms with van der Waals surface area (Å²) in [5, 5.41) is 7.72. The maximum Gasteiger partial charge on any atom is 0.191 e. The fourth-order valence-electron chi connectivity index (χ4n) is 3.22. The minimum absolute atomic E-state index is 0. The van der Waals surface area contributed by atoms with Crippen molar-refractivity contribution in [1.29, 1.82) is 0 Å². The Balaban J connectivity index is 0.00000243. The summed E-state index contributed by atoms with van der Waals surface area (Å²) in [6, 6.07) is 8.28. The number of rotatable bonds is 6. The van der Waals surface area contributed by atoms with E-state index in [1.54, 1.807) is 0 Å². The molecule has 1 saturated heterocycles. The second-order valence-electron chi connectivity index (χ2n) is 6.47. The van der Waals surface area contributed by atoms with Gasteiger partial charge < -0.3 is 15.6 Å². The van der Waals surface area contributed by atoms with Gasteiger partial charge in [0.15, 0.2) is 15.8 Å². The van der Waals surface area contributed by atoms with Gasteiger partial charge in [0, 0.05) is 36.2 Å². The van der Waals surface area contributed by atoms with Crippen molar-refractivity contribution in [2.75, 3.05) is 24.6 Å². The Kier molecular flexibility index (Phi) is 7.75. The molecule has 1 atom stereocenters. The van der Waals surface area contributed by atoms with Crippen molar-refractivity contribution in [3.8, 4) is 0 Å². The average Bonchev–Trinajstić information content (AvgIpc) is 3.15. The number of para-hydroxylation sites is 1. The normalized spacial score (nSPS) is 19.3. The summed E-state index contributed by atoms with van der Waals surface area (Å²) in [6.07, 6.45) is 4.63. The van der Waals surface area contributed by atoms with Crippen LogP contribution in [0.1, 0.15) is 25.3 Å². The minimum Gasteiger partial charge on any atom is -0.361 e. The molecule has 1 aromatic heterocycles. The summed E-state index contributed by atoms with van der Waals surface area (Å²) >= 11 is 0. The smallest absolute Gasteiger partial charge is 0.191 e. The molecule has 8 heteroatoms. The van der Waals surface area contributed by atoms with Crippen LogP contribution in [0.2, 0.25) is 0 Å². The Morgan fingerprint density at radius 2 is 2.15 bits per heavy atom. The number of aryl methyl sites for hydroxylation is 1. The zero-order valence-electron chi connectivity index (χ0n) is 15.0. The number of sulfone groups is 1. The Morgan fingerprint density at radius 1 is 1.35 bits per heavy atom. The molecule has 0 spiro atoms. The van der Waals surface area contributed by atoms with Gasteiger partial charge in [-0.15, -0.1) is 24.0 Å². The van der Waals surface area contributed by atoms with Gasteiger partial charge in [-0.1, -0.05) is 18.2 Å². The number of fused-ring (bicyclic) bond motifs is 1. The van der Waals surface area contributed by atoms with Crippen molar-refractivity contribution in [1.82, 2.24) is 15.6 Å². The van der Waals surface area contributed by atoms with Crippen LogP contribution in [0.3, 0.4) is 0 Å². The van der Waals surface area contributed by atoms with Gasteiger partial charge in [0.2, 0.25) is 0 Å². The zero-order valence-corrected chi connectivity index (χ0v) is 18.1. The van der Waals surface area contributed by atoms with Crippen LogP contribution >= 0.6 is 24.0 Å². The third-order valence-electron chi connectivity index (χ3n) is 4.47. The van der Waals surface area contributed by atoms with E-state index in [0.717, 1.165) is 19.4 Å². The molecule has 3 rings (SSSR count). The Bertz CT molecular complexity index is 848. The van der Waals surface area contributed by atoms with Crippen LogP contribution in [-0.4, -0.2) is 50.0 Å². The molecule has 1 unspecified atom stereocenters. The lowest BCUT2D eigenvalue weighted by Gasteiger charge is -2.15. The number of benzene rings is 1. The molecule has 0 bridgehead atoms. The molecule has 1 fully saturated rings. The standard InChI is InChI=1S/C18H26N4O2S.HI/c1-2-19-18(22-15-9-11-25(23,24)13-15)20-10-5-6-14-12-21-17-8-4-3-7-16(14)17;/h3-4,7-8,12,15,21H,2,5-6,9-11,13H2,1H3,(H2,19,20,22);1H. The first-order chi connectivity index (χ1) is 12.1. The number of aromatic nitrogens is 1. The molecule has 1 aliphatic heterocycles. The lowest BCUT2D eigenvalue weighted by atomic mass is 10.1. The first kappa shape index (κ1) is 21.0. The van der Waals surface area contributed by atoms with Gasteiger partial charge in [0.1, 0.15) is 0 Å². The van der Waals surface area contributed by atoms with Crippen LogP contribution in [0.25, 0.3) is 10.9 Å². The van der Waals surface area contributed by atoms with Crippen molar-refractivity contribution in [2.24, 2.45) is 4.99 Å².